The molecule has 0 atom stereocenters. The number of nitrogens with two attached hydrogens (primary N) is 1. The molecule has 9 heteroatoms. The molecule has 1 saturated heterocycles. The Labute approximate surface area is 118 Å². The molecule has 20 heavy (non-hydrogen) atoms. The van der Waals surface area contributed by atoms with Crippen molar-refractivity contribution in [1.82, 2.24) is 14.5 Å². The predicted octanol–water partition coefficient (Wildman–Crippen LogP) is -1.32. The van der Waals surface area contributed by atoms with Gasteiger partial charge in [-0.1, -0.05) is 0 Å². The Balaban J connectivity index is 1.94. The van der Waals surface area contributed by atoms with Crippen molar-refractivity contribution in [1.29, 1.82) is 0 Å². The van der Waals surface area contributed by atoms with Gasteiger partial charge in [0.1, 0.15) is 5.54 Å². The van der Waals surface area contributed by atoms with Crippen LogP contribution in [-0.2, 0) is 14.8 Å². The largest absolute Gasteiger partial charge is 0.352 e. The summed E-state index contributed by atoms with van der Waals surface area (Å²) < 4.78 is 24.9. The van der Waals surface area contributed by atoms with Crippen molar-refractivity contribution in [2.24, 2.45) is 5.73 Å². The average Bonchev–Trinajstić information content (AvgIpc) is 3.18. The third-order valence-corrected chi connectivity index (χ3v) is 5.69. The molecule has 0 spiro atoms. The van der Waals surface area contributed by atoms with Crippen LogP contribution in [0.25, 0.3) is 0 Å². The van der Waals surface area contributed by atoms with Gasteiger partial charge in [-0.3, -0.25) is 4.79 Å². The number of carbonyl (C=O) groups is 2. The lowest BCUT2D eigenvalue weighted by Crippen LogP contribution is -2.57. The van der Waals surface area contributed by atoms with Crippen LogP contribution in [0.5, 0.6) is 0 Å². The van der Waals surface area contributed by atoms with Gasteiger partial charge in [-0.15, -0.1) is 0 Å². The van der Waals surface area contributed by atoms with Crippen LogP contribution in [0.15, 0.2) is 0 Å². The quantitative estimate of drug-likeness (QED) is 0.670. The second-order valence-electron chi connectivity index (χ2n) is 5.16. The number of hydrogen-bond donors (Lipinski definition) is 2. The SMILES string of the molecule is CCS(=O)(=O)N1CCN(C(=O)C2(NC(N)=O)CC2)CC1. The molecule has 1 heterocycles. The number of amides is 3. The topological polar surface area (TPSA) is 113 Å². The maximum Gasteiger partial charge on any atom is 0.313 e. The summed E-state index contributed by atoms with van der Waals surface area (Å²) in [6.45, 7) is 2.90. The third kappa shape index (κ3) is 2.88. The maximum atomic E-state index is 12.3. The first-order valence-corrected chi connectivity index (χ1v) is 8.26. The van der Waals surface area contributed by atoms with E-state index in [1.165, 1.54) is 4.31 Å². The molecule has 2 rings (SSSR count). The number of nitrogens with zero attached hydrogens (tertiary/aromatic N) is 2. The highest BCUT2D eigenvalue weighted by molar-refractivity contribution is 7.89. The minimum Gasteiger partial charge on any atom is -0.352 e. The molecule has 2 fully saturated rings. The van der Waals surface area contributed by atoms with Gasteiger partial charge < -0.3 is 16.0 Å². The first-order chi connectivity index (χ1) is 9.31. The van der Waals surface area contributed by atoms with Crippen LogP contribution in [0.1, 0.15) is 19.8 Å². The van der Waals surface area contributed by atoms with Gasteiger partial charge in [0.15, 0.2) is 0 Å². The van der Waals surface area contributed by atoms with Gasteiger partial charge in [0.05, 0.1) is 5.75 Å². The molecule has 0 aromatic rings. The van der Waals surface area contributed by atoms with Gasteiger partial charge in [-0.25, -0.2) is 13.2 Å². The van der Waals surface area contributed by atoms with Crippen LogP contribution in [0.2, 0.25) is 0 Å². The van der Waals surface area contributed by atoms with E-state index in [2.05, 4.69) is 5.32 Å². The van der Waals surface area contributed by atoms with E-state index in [9.17, 15) is 18.0 Å². The summed E-state index contributed by atoms with van der Waals surface area (Å²) in [6.07, 6.45) is 1.17. The molecule has 1 aliphatic carbocycles. The number of rotatable bonds is 4. The average molecular weight is 304 g/mol. The third-order valence-electron chi connectivity index (χ3n) is 3.81. The molecule has 0 radical (unpaired) electrons. The minimum absolute atomic E-state index is 0.0636. The molecule has 0 aromatic heterocycles. The van der Waals surface area contributed by atoms with Gasteiger partial charge >= 0.3 is 6.03 Å². The Bertz CT molecular complexity index is 507. The van der Waals surface area contributed by atoms with Gasteiger partial charge in [0.25, 0.3) is 0 Å². The second kappa shape index (κ2) is 5.21. The zero-order valence-corrected chi connectivity index (χ0v) is 12.3. The monoisotopic (exact) mass is 304 g/mol. The van der Waals surface area contributed by atoms with Crippen molar-refractivity contribution >= 4 is 22.0 Å². The van der Waals surface area contributed by atoms with E-state index < -0.39 is 21.6 Å². The lowest BCUT2D eigenvalue weighted by atomic mass is 10.2. The lowest BCUT2D eigenvalue weighted by molar-refractivity contribution is -0.135. The molecule has 1 saturated carbocycles. The fourth-order valence-electron chi connectivity index (χ4n) is 2.41. The van der Waals surface area contributed by atoms with E-state index in [0.29, 0.717) is 39.0 Å². The number of primary amides is 1. The molecule has 3 amide bonds. The Morgan fingerprint density at radius 2 is 1.75 bits per heavy atom. The number of urea groups is 1. The highest BCUT2D eigenvalue weighted by Gasteiger charge is 2.53. The highest BCUT2D eigenvalue weighted by Crippen LogP contribution is 2.37. The molecule has 8 nitrogen and oxygen atoms in total. The van der Waals surface area contributed by atoms with E-state index in [1.807, 2.05) is 0 Å². The van der Waals surface area contributed by atoms with Crippen molar-refractivity contribution in [2.45, 2.75) is 25.3 Å². The zero-order valence-electron chi connectivity index (χ0n) is 11.5. The lowest BCUT2D eigenvalue weighted by Gasteiger charge is -2.35. The number of sulfonamides is 1. The van der Waals surface area contributed by atoms with Crippen molar-refractivity contribution in [2.75, 3.05) is 31.9 Å². The van der Waals surface area contributed by atoms with Crippen LogP contribution in [0, 0.1) is 0 Å². The van der Waals surface area contributed by atoms with E-state index in [4.69, 9.17) is 5.73 Å². The summed E-state index contributed by atoms with van der Waals surface area (Å²) in [5.41, 5.74) is 4.23. The van der Waals surface area contributed by atoms with Gasteiger partial charge in [0.2, 0.25) is 15.9 Å². The maximum absolute atomic E-state index is 12.3. The predicted molar refractivity (Wildman–Crippen MR) is 72.3 cm³/mol. The molecule has 0 unspecified atom stereocenters. The first-order valence-electron chi connectivity index (χ1n) is 6.65. The van der Waals surface area contributed by atoms with Crippen LogP contribution in [-0.4, -0.2) is 67.0 Å². The zero-order chi connectivity index (χ0) is 15.0. The van der Waals surface area contributed by atoms with Crippen molar-refractivity contribution < 1.29 is 18.0 Å². The normalized spacial score (nSPS) is 22.4. The Morgan fingerprint density at radius 3 is 2.15 bits per heavy atom. The number of nitrogens with one attached hydrogen (secondary N) is 1. The van der Waals surface area contributed by atoms with Crippen LogP contribution < -0.4 is 11.1 Å². The summed E-state index contributed by atoms with van der Waals surface area (Å²) in [5, 5.41) is 2.50. The van der Waals surface area contributed by atoms with Crippen LogP contribution in [0.3, 0.4) is 0 Å². The summed E-state index contributed by atoms with van der Waals surface area (Å²) >= 11 is 0. The summed E-state index contributed by atoms with van der Waals surface area (Å²) in [4.78, 5) is 24.9. The molecular formula is C11H20N4O4S. The molecule has 114 valence electrons. The minimum atomic E-state index is -3.20. The molecule has 3 N–H and O–H groups in total. The second-order valence-corrected chi connectivity index (χ2v) is 7.42. The first kappa shape index (κ1) is 15.0. The Morgan fingerprint density at radius 1 is 1.20 bits per heavy atom. The molecule has 0 bridgehead atoms. The summed E-state index contributed by atoms with van der Waals surface area (Å²) in [7, 11) is -3.20. The van der Waals surface area contributed by atoms with E-state index in [1.54, 1.807) is 11.8 Å². The van der Waals surface area contributed by atoms with Crippen molar-refractivity contribution in [3.8, 4) is 0 Å². The molecular weight excluding hydrogens is 284 g/mol. The van der Waals surface area contributed by atoms with Crippen molar-refractivity contribution in [3.63, 3.8) is 0 Å². The van der Waals surface area contributed by atoms with Gasteiger partial charge in [-0.2, -0.15) is 4.31 Å². The molecule has 0 aromatic carbocycles. The van der Waals surface area contributed by atoms with Gasteiger partial charge in [-0.05, 0) is 19.8 Å². The molecule has 2 aliphatic rings. The fourth-order valence-corrected chi connectivity index (χ4v) is 3.49. The van der Waals surface area contributed by atoms with E-state index >= 15 is 0 Å². The Hall–Kier alpha value is -1.35. The molecule has 1 aliphatic heterocycles. The van der Waals surface area contributed by atoms with Crippen LogP contribution >= 0.6 is 0 Å². The smallest absolute Gasteiger partial charge is 0.313 e. The van der Waals surface area contributed by atoms with Gasteiger partial charge in [0, 0.05) is 26.2 Å². The highest BCUT2D eigenvalue weighted by atomic mass is 32.2. The summed E-state index contributed by atoms with van der Waals surface area (Å²) in [6, 6.07) is -0.706. The van der Waals surface area contributed by atoms with Crippen molar-refractivity contribution in [3.05, 3.63) is 0 Å². The number of carbonyl (C=O) groups excluding carboxylic acids is 2. The summed E-state index contributed by atoms with van der Waals surface area (Å²) in [5.74, 6) is -0.0986. The number of hydrogen-bond acceptors (Lipinski definition) is 4. The number of piperazine rings is 1. The standard InChI is InChI=1S/C11H20N4O4S/c1-2-20(18,19)15-7-5-14(6-8-15)9(16)11(3-4-11)13-10(12)17/h2-8H2,1H3,(H3,12,13,17). The van der Waals surface area contributed by atoms with Crippen LogP contribution in [0.4, 0.5) is 4.79 Å². The van der Waals surface area contributed by atoms with E-state index in [0.717, 1.165) is 0 Å². The Kier molecular flexibility index (Phi) is 3.92. The van der Waals surface area contributed by atoms with E-state index in [-0.39, 0.29) is 11.7 Å². The fraction of sp³-hybridized carbons (Fsp3) is 0.818.